The van der Waals surface area contributed by atoms with Crippen molar-refractivity contribution in [1.82, 2.24) is 4.98 Å². The second kappa shape index (κ2) is 8.22. The number of methoxy groups -OCH3 is 1. The Bertz CT molecular complexity index is 689. The molecule has 5 nitrogen and oxygen atoms in total. The van der Waals surface area contributed by atoms with E-state index in [1.54, 1.807) is 5.38 Å². The van der Waals surface area contributed by atoms with Gasteiger partial charge in [-0.05, 0) is 12.1 Å². The highest BCUT2D eigenvalue weighted by Crippen LogP contribution is 2.33. The minimum Gasteiger partial charge on any atom is -0.382 e. The highest BCUT2D eigenvalue weighted by atomic mass is 32.1. The lowest BCUT2D eigenvalue weighted by molar-refractivity contribution is -0.137. The van der Waals surface area contributed by atoms with Crippen LogP contribution in [0.25, 0.3) is 11.3 Å². The number of alkyl halides is 3. The second-order valence-electron chi connectivity index (χ2n) is 4.71. The molecule has 0 saturated carbocycles. The Balaban J connectivity index is 1.99. The van der Waals surface area contributed by atoms with E-state index >= 15 is 0 Å². The SMILES string of the molecule is COCCOCC(=O)Nc1nc(-c2cccc(C(F)(F)F)c2)cs1. The summed E-state index contributed by atoms with van der Waals surface area (Å²) >= 11 is 1.13. The topological polar surface area (TPSA) is 60.5 Å². The number of amides is 1. The normalized spacial score (nSPS) is 11.5. The minimum atomic E-state index is -4.41. The van der Waals surface area contributed by atoms with Gasteiger partial charge in [0.15, 0.2) is 5.13 Å². The summed E-state index contributed by atoms with van der Waals surface area (Å²) in [4.78, 5) is 15.8. The number of carbonyl (C=O) groups excluding carboxylic acids is 1. The summed E-state index contributed by atoms with van der Waals surface area (Å²) in [5, 5.41) is 4.41. The van der Waals surface area contributed by atoms with Gasteiger partial charge < -0.3 is 9.47 Å². The van der Waals surface area contributed by atoms with Crippen LogP contribution < -0.4 is 5.32 Å². The first-order valence-corrected chi connectivity index (χ1v) is 7.78. The number of hydrogen-bond donors (Lipinski definition) is 1. The number of aromatic nitrogens is 1. The fourth-order valence-electron chi connectivity index (χ4n) is 1.78. The van der Waals surface area contributed by atoms with Crippen LogP contribution >= 0.6 is 11.3 Å². The first kappa shape index (κ1) is 18.4. The maximum absolute atomic E-state index is 12.7. The Morgan fingerprint density at radius 1 is 1.33 bits per heavy atom. The van der Waals surface area contributed by atoms with E-state index < -0.39 is 17.6 Å². The van der Waals surface area contributed by atoms with Gasteiger partial charge in [0.2, 0.25) is 0 Å². The van der Waals surface area contributed by atoms with Crippen molar-refractivity contribution in [2.75, 3.05) is 32.2 Å². The predicted octanol–water partition coefficient (Wildman–Crippen LogP) is 3.43. The van der Waals surface area contributed by atoms with Crippen LogP contribution in [0, 0.1) is 0 Å². The molecule has 0 aliphatic heterocycles. The van der Waals surface area contributed by atoms with E-state index in [2.05, 4.69) is 10.3 Å². The van der Waals surface area contributed by atoms with Gasteiger partial charge in [0.1, 0.15) is 6.61 Å². The van der Waals surface area contributed by atoms with Gasteiger partial charge in [-0.25, -0.2) is 4.98 Å². The molecule has 0 spiro atoms. The minimum absolute atomic E-state index is 0.151. The van der Waals surface area contributed by atoms with Crippen LogP contribution in [0.4, 0.5) is 18.3 Å². The third kappa shape index (κ3) is 5.29. The zero-order chi connectivity index (χ0) is 17.6. The Hall–Kier alpha value is -1.97. The molecule has 0 bridgehead atoms. The number of thiazole rings is 1. The third-order valence-corrected chi connectivity index (χ3v) is 3.66. The van der Waals surface area contributed by atoms with Gasteiger partial charge in [-0.3, -0.25) is 10.1 Å². The molecule has 0 atom stereocenters. The van der Waals surface area contributed by atoms with Gasteiger partial charge in [-0.1, -0.05) is 12.1 Å². The van der Waals surface area contributed by atoms with Gasteiger partial charge in [-0.2, -0.15) is 13.2 Å². The highest BCUT2D eigenvalue weighted by molar-refractivity contribution is 7.14. The van der Waals surface area contributed by atoms with Crippen molar-refractivity contribution in [2.45, 2.75) is 6.18 Å². The highest BCUT2D eigenvalue weighted by Gasteiger charge is 2.30. The van der Waals surface area contributed by atoms with Crippen molar-refractivity contribution in [3.63, 3.8) is 0 Å². The van der Waals surface area contributed by atoms with E-state index in [9.17, 15) is 18.0 Å². The molecule has 1 N–H and O–H groups in total. The lowest BCUT2D eigenvalue weighted by Gasteiger charge is -2.07. The number of ether oxygens (including phenoxy) is 2. The number of rotatable bonds is 7. The molecule has 0 aliphatic rings. The number of benzene rings is 1. The monoisotopic (exact) mass is 360 g/mol. The summed E-state index contributed by atoms with van der Waals surface area (Å²) in [6.45, 7) is 0.517. The van der Waals surface area contributed by atoms with E-state index in [0.29, 0.717) is 23.0 Å². The summed E-state index contributed by atoms with van der Waals surface area (Å²) in [6.07, 6.45) is -4.41. The first-order chi connectivity index (χ1) is 11.4. The van der Waals surface area contributed by atoms with Crippen LogP contribution in [0.3, 0.4) is 0 Å². The summed E-state index contributed by atoms with van der Waals surface area (Å²) in [6, 6.07) is 4.87. The van der Waals surface area contributed by atoms with Crippen molar-refractivity contribution in [2.24, 2.45) is 0 Å². The molecule has 1 aromatic carbocycles. The van der Waals surface area contributed by atoms with E-state index in [0.717, 1.165) is 23.5 Å². The van der Waals surface area contributed by atoms with Gasteiger partial charge in [0, 0.05) is 18.1 Å². The molecule has 130 valence electrons. The fourth-order valence-corrected chi connectivity index (χ4v) is 2.52. The van der Waals surface area contributed by atoms with Crippen molar-refractivity contribution in [3.05, 3.63) is 35.2 Å². The quantitative estimate of drug-likeness (QED) is 0.769. The summed E-state index contributed by atoms with van der Waals surface area (Å²) in [5.74, 6) is -0.393. The fraction of sp³-hybridized carbons (Fsp3) is 0.333. The van der Waals surface area contributed by atoms with Gasteiger partial charge in [0.05, 0.1) is 24.5 Å². The molecule has 1 aromatic heterocycles. The molecule has 0 saturated heterocycles. The number of carbonyl (C=O) groups is 1. The molecule has 0 aliphatic carbocycles. The Labute approximate surface area is 140 Å². The zero-order valence-electron chi connectivity index (χ0n) is 12.7. The molecule has 0 fully saturated rings. The lowest BCUT2D eigenvalue weighted by atomic mass is 10.1. The largest absolute Gasteiger partial charge is 0.416 e. The summed E-state index contributed by atoms with van der Waals surface area (Å²) in [7, 11) is 1.52. The van der Waals surface area contributed by atoms with E-state index in [1.165, 1.54) is 19.2 Å². The maximum Gasteiger partial charge on any atom is 0.416 e. The average molecular weight is 360 g/mol. The Kier molecular flexibility index (Phi) is 6.29. The second-order valence-corrected chi connectivity index (χ2v) is 5.57. The molecular weight excluding hydrogens is 345 g/mol. The molecule has 2 rings (SSSR count). The molecular formula is C15H15F3N2O3S. The van der Waals surface area contributed by atoms with Gasteiger partial charge in [0.25, 0.3) is 5.91 Å². The average Bonchev–Trinajstić information content (AvgIpc) is 2.99. The molecule has 9 heteroatoms. The van der Waals surface area contributed by atoms with Gasteiger partial charge >= 0.3 is 6.18 Å². The number of hydrogen-bond acceptors (Lipinski definition) is 5. The van der Waals surface area contributed by atoms with Gasteiger partial charge in [-0.15, -0.1) is 11.3 Å². The van der Waals surface area contributed by atoms with E-state index in [1.807, 2.05) is 0 Å². The number of anilines is 1. The standard InChI is InChI=1S/C15H15F3N2O3S/c1-22-5-6-23-8-13(21)20-14-19-12(9-24-14)10-3-2-4-11(7-10)15(16,17)18/h2-4,7,9H,5-6,8H2,1H3,(H,19,20,21). The van der Waals surface area contributed by atoms with Crippen molar-refractivity contribution >= 4 is 22.4 Å². The summed E-state index contributed by atoms with van der Waals surface area (Å²) in [5.41, 5.74) is -0.0512. The molecule has 0 unspecified atom stereocenters. The first-order valence-electron chi connectivity index (χ1n) is 6.90. The van der Waals surface area contributed by atoms with Crippen molar-refractivity contribution in [1.29, 1.82) is 0 Å². The lowest BCUT2D eigenvalue weighted by Crippen LogP contribution is -2.19. The molecule has 2 aromatic rings. The maximum atomic E-state index is 12.7. The van der Waals surface area contributed by atoms with Crippen LogP contribution in [0.2, 0.25) is 0 Å². The number of halogens is 3. The van der Waals surface area contributed by atoms with Crippen LogP contribution in [-0.2, 0) is 20.4 Å². The smallest absolute Gasteiger partial charge is 0.382 e. The number of nitrogens with one attached hydrogen (secondary N) is 1. The van der Waals surface area contributed by atoms with E-state index in [4.69, 9.17) is 9.47 Å². The van der Waals surface area contributed by atoms with Crippen molar-refractivity contribution in [3.8, 4) is 11.3 Å². The van der Waals surface area contributed by atoms with Crippen LogP contribution in [0.5, 0.6) is 0 Å². The van der Waals surface area contributed by atoms with Crippen LogP contribution in [0.15, 0.2) is 29.6 Å². The van der Waals surface area contributed by atoms with E-state index in [-0.39, 0.29) is 13.2 Å². The molecule has 1 amide bonds. The summed E-state index contributed by atoms with van der Waals surface area (Å²) < 4.78 is 48.1. The van der Waals surface area contributed by atoms with Crippen molar-refractivity contribution < 1.29 is 27.4 Å². The third-order valence-electron chi connectivity index (χ3n) is 2.90. The van der Waals surface area contributed by atoms with Crippen LogP contribution in [0.1, 0.15) is 5.56 Å². The predicted molar refractivity (Wildman–Crippen MR) is 83.9 cm³/mol. The zero-order valence-corrected chi connectivity index (χ0v) is 13.5. The number of nitrogens with zero attached hydrogens (tertiary/aromatic N) is 1. The Morgan fingerprint density at radius 2 is 2.12 bits per heavy atom. The molecule has 0 radical (unpaired) electrons. The Morgan fingerprint density at radius 3 is 2.83 bits per heavy atom. The molecule has 1 heterocycles. The molecule has 24 heavy (non-hydrogen) atoms. The van der Waals surface area contributed by atoms with Crippen LogP contribution in [-0.4, -0.2) is 37.8 Å².